The topological polar surface area (TPSA) is 161 Å². The largest absolute Gasteiger partial charge is 0.481 e. The van der Waals surface area contributed by atoms with Gasteiger partial charge < -0.3 is 44.1 Å². The summed E-state index contributed by atoms with van der Waals surface area (Å²) >= 11 is 0. The van der Waals surface area contributed by atoms with Crippen molar-refractivity contribution in [2.24, 2.45) is 41.4 Å². The molecule has 5 rings (SSSR count). The highest BCUT2D eigenvalue weighted by molar-refractivity contribution is 5.84. The van der Waals surface area contributed by atoms with E-state index in [9.17, 15) is 30.0 Å². The summed E-state index contributed by atoms with van der Waals surface area (Å²) < 4.78 is 33.5. The summed E-state index contributed by atoms with van der Waals surface area (Å²) in [7, 11) is 0. The number of hydrogen-bond acceptors (Lipinski definition) is 10. The molecular weight excluding hydrogens is 680 g/mol. The van der Waals surface area contributed by atoms with E-state index in [0.717, 1.165) is 6.42 Å². The Hall–Kier alpha value is -1.44. The number of Topliss-reactive ketones (excluding diaryl/α,β-unsaturated/α-hetero) is 1. The smallest absolute Gasteiger partial charge is 0.309 e. The number of carbonyl (C=O) groups excluding carboxylic acids is 1. The lowest BCUT2D eigenvalue weighted by molar-refractivity contribution is -0.409. The summed E-state index contributed by atoms with van der Waals surface area (Å²) in [5, 5.41) is 44.0. The van der Waals surface area contributed by atoms with Gasteiger partial charge in [-0.25, -0.2) is 0 Å². The molecule has 4 fully saturated rings. The summed E-state index contributed by atoms with van der Waals surface area (Å²) in [6, 6.07) is 0. The molecule has 0 radical (unpaired) electrons. The van der Waals surface area contributed by atoms with Gasteiger partial charge >= 0.3 is 5.97 Å². The van der Waals surface area contributed by atoms with Crippen LogP contribution < -0.4 is 0 Å². The Morgan fingerprint density at radius 3 is 2.17 bits per heavy atom. The van der Waals surface area contributed by atoms with Crippen molar-refractivity contribution in [2.45, 2.75) is 199 Å². The predicted octanol–water partition coefficient (Wildman–Crippen LogP) is 6.19. The molecule has 5 aliphatic heterocycles. The van der Waals surface area contributed by atoms with Gasteiger partial charge in [0.05, 0.1) is 53.7 Å². The van der Waals surface area contributed by atoms with Gasteiger partial charge in [0.25, 0.3) is 0 Å². The van der Waals surface area contributed by atoms with E-state index in [2.05, 4.69) is 20.8 Å². The van der Waals surface area contributed by atoms with E-state index >= 15 is 0 Å². The maximum Gasteiger partial charge on any atom is 0.309 e. The number of aliphatic carboxylic acids is 1. The van der Waals surface area contributed by atoms with Crippen molar-refractivity contribution in [3.8, 4) is 0 Å². The third-order valence-corrected chi connectivity index (χ3v) is 14.4. The van der Waals surface area contributed by atoms with E-state index in [4.69, 9.17) is 23.7 Å². The molecule has 0 aromatic heterocycles. The van der Waals surface area contributed by atoms with Gasteiger partial charge in [-0.3, -0.25) is 9.59 Å². The van der Waals surface area contributed by atoms with Gasteiger partial charge in [0.15, 0.2) is 5.79 Å². The zero-order valence-corrected chi connectivity index (χ0v) is 34.0. The fourth-order valence-corrected chi connectivity index (χ4v) is 10.5. The van der Waals surface area contributed by atoms with E-state index in [1.165, 1.54) is 0 Å². The number of carboxylic acid groups (broad SMARTS) is 1. The van der Waals surface area contributed by atoms with Crippen molar-refractivity contribution >= 4 is 11.8 Å². The van der Waals surface area contributed by atoms with Crippen LogP contribution in [-0.2, 0) is 33.3 Å². The molecule has 4 N–H and O–H groups in total. The first-order valence-corrected chi connectivity index (χ1v) is 20.7. The molecular formula is C42H70O11. The lowest BCUT2D eigenvalue weighted by atomic mass is 9.72. The Kier molecular flexibility index (Phi) is 13.0. The monoisotopic (exact) mass is 750 g/mol. The van der Waals surface area contributed by atoms with Gasteiger partial charge in [-0.15, -0.1) is 0 Å². The number of ether oxygens (including phenoxy) is 5. The standard InChI is InChI=1S/C42H70O11/c1-11-29(38(46)47)31-15-14-23(4)36(50-31)27(8)34(44)26(7)35(45)30(12-2)37-24(5)22-25(6)41(51-37)19-16-32(43)42(53-41)21-20-39(10,52-42)33-17-18-40(48,13-3)28(9)49-33/h16,19,23-34,36-37,43-44,48H,11-15,17-18,20-22H2,1-10H3,(H,46,47)/t23-,24-,25+,26-,27-,28-,29+,30-,31-,32+,33-,34+,36-,37+,39+,40+,41-,42-/m0/s1. The second kappa shape index (κ2) is 16.2. The average molecular weight is 751 g/mol. The number of carbonyl (C=O) groups is 2. The molecule has 4 saturated heterocycles. The van der Waals surface area contributed by atoms with Crippen LogP contribution in [0.25, 0.3) is 0 Å². The van der Waals surface area contributed by atoms with Crippen LogP contribution in [0.3, 0.4) is 0 Å². The zero-order valence-electron chi connectivity index (χ0n) is 34.0. The molecule has 2 spiro atoms. The van der Waals surface area contributed by atoms with E-state index in [0.29, 0.717) is 57.8 Å². The molecule has 0 bridgehead atoms. The highest BCUT2D eigenvalue weighted by Crippen LogP contribution is 2.54. The van der Waals surface area contributed by atoms with Crippen LogP contribution in [0.2, 0.25) is 0 Å². The first kappa shape index (κ1) is 42.7. The number of aliphatic hydroxyl groups excluding tert-OH is 2. The number of hydrogen-bond donors (Lipinski definition) is 4. The lowest BCUT2D eigenvalue weighted by Gasteiger charge is -2.54. The summed E-state index contributed by atoms with van der Waals surface area (Å²) in [5.74, 6) is -5.78. The van der Waals surface area contributed by atoms with Crippen LogP contribution in [0.4, 0.5) is 0 Å². The fourth-order valence-electron chi connectivity index (χ4n) is 10.5. The summed E-state index contributed by atoms with van der Waals surface area (Å²) in [6.07, 6.45) is 5.51. The lowest BCUT2D eigenvalue weighted by Crippen LogP contribution is -2.63. The second-order valence-electron chi connectivity index (χ2n) is 17.9. The third kappa shape index (κ3) is 7.94. The Bertz CT molecular complexity index is 1320. The molecule has 53 heavy (non-hydrogen) atoms. The Morgan fingerprint density at radius 2 is 1.57 bits per heavy atom. The Labute approximate surface area is 317 Å². The molecule has 0 saturated carbocycles. The van der Waals surface area contributed by atoms with Gasteiger partial charge in [0.2, 0.25) is 5.79 Å². The average Bonchev–Trinajstić information content (AvgIpc) is 3.47. The van der Waals surface area contributed by atoms with Crippen LogP contribution in [-0.4, -0.2) is 97.7 Å². The van der Waals surface area contributed by atoms with Gasteiger partial charge in [0.1, 0.15) is 11.9 Å². The van der Waals surface area contributed by atoms with E-state index < -0.39 is 76.8 Å². The first-order valence-electron chi connectivity index (χ1n) is 20.7. The van der Waals surface area contributed by atoms with Gasteiger partial charge in [0, 0.05) is 30.1 Å². The molecule has 0 aromatic rings. The van der Waals surface area contributed by atoms with Crippen LogP contribution in [0.1, 0.15) is 133 Å². The summed E-state index contributed by atoms with van der Waals surface area (Å²) in [4.78, 5) is 26.4. The van der Waals surface area contributed by atoms with E-state index in [1.54, 1.807) is 19.1 Å². The minimum atomic E-state index is -1.37. The van der Waals surface area contributed by atoms with Crippen molar-refractivity contribution in [2.75, 3.05) is 0 Å². The molecule has 304 valence electrons. The molecule has 5 heterocycles. The number of rotatable bonds is 12. The molecule has 0 unspecified atom stereocenters. The van der Waals surface area contributed by atoms with Crippen molar-refractivity contribution in [3.05, 3.63) is 12.2 Å². The highest BCUT2D eigenvalue weighted by Gasteiger charge is 2.63. The van der Waals surface area contributed by atoms with E-state index in [1.807, 2.05) is 41.5 Å². The molecule has 0 amide bonds. The SMILES string of the molecule is CC[C@@H](C(=O)[C@@H](C)[C@@H](O)[C@H](C)[C@H]1O[C@H]([C@@H](CC)C(=O)O)CC[C@@H]1C)[C@@H]1O[C@]2(C=C[C@@H](O)[C@]3(CC[C@](C)([C@@H]4CC[C@](O)(CC)[C@H](C)O4)O3)O2)[C@H](C)C[C@@H]1C. The summed E-state index contributed by atoms with van der Waals surface area (Å²) in [6.45, 7) is 19.6. The van der Waals surface area contributed by atoms with Crippen LogP contribution in [0.5, 0.6) is 0 Å². The van der Waals surface area contributed by atoms with Crippen molar-refractivity contribution in [1.29, 1.82) is 0 Å². The Balaban J connectivity index is 1.31. The predicted molar refractivity (Wildman–Crippen MR) is 199 cm³/mol. The Morgan fingerprint density at radius 1 is 0.887 bits per heavy atom. The fraction of sp³-hybridized carbons (Fsp3) is 0.905. The van der Waals surface area contributed by atoms with Crippen LogP contribution >= 0.6 is 0 Å². The van der Waals surface area contributed by atoms with Crippen LogP contribution in [0, 0.1) is 41.4 Å². The molecule has 5 aliphatic rings. The number of ketones is 1. The third-order valence-electron chi connectivity index (χ3n) is 14.4. The number of carboxylic acids is 1. The molecule has 11 nitrogen and oxygen atoms in total. The molecule has 0 aromatic carbocycles. The maximum absolute atomic E-state index is 14.4. The second-order valence-corrected chi connectivity index (χ2v) is 17.9. The normalized spacial score (nSPS) is 46.2. The zero-order chi connectivity index (χ0) is 39.3. The van der Waals surface area contributed by atoms with Crippen molar-refractivity contribution < 1.29 is 53.7 Å². The van der Waals surface area contributed by atoms with Gasteiger partial charge in [-0.05, 0) is 95.6 Å². The maximum atomic E-state index is 14.4. The minimum absolute atomic E-state index is 0.0137. The van der Waals surface area contributed by atoms with Gasteiger partial charge in [-0.1, -0.05) is 55.4 Å². The minimum Gasteiger partial charge on any atom is -0.481 e. The summed E-state index contributed by atoms with van der Waals surface area (Å²) in [5.41, 5.74) is -1.63. The van der Waals surface area contributed by atoms with Crippen molar-refractivity contribution in [3.63, 3.8) is 0 Å². The number of aliphatic hydroxyl groups is 3. The van der Waals surface area contributed by atoms with Crippen molar-refractivity contribution in [1.82, 2.24) is 0 Å². The van der Waals surface area contributed by atoms with Gasteiger partial charge in [-0.2, -0.15) is 0 Å². The first-order chi connectivity index (χ1) is 24.8. The van der Waals surface area contributed by atoms with Crippen LogP contribution in [0.15, 0.2) is 12.2 Å². The molecule has 0 aliphatic carbocycles. The molecule has 18 atom stereocenters. The van der Waals surface area contributed by atoms with E-state index in [-0.39, 0.29) is 41.8 Å². The quantitative estimate of drug-likeness (QED) is 0.169. The highest BCUT2D eigenvalue weighted by atomic mass is 16.8. The molecule has 11 heteroatoms.